The molecule has 0 saturated carbocycles. The second-order valence-electron chi connectivity index (χ2n) is 2.57. The summed E-state index contributed by atoms with van der Waals surface area (Å²) >= 11 is 0. The van der Waals surface area contributed by atoms with Crippen molar-refractivity contribution in [2.45, 2.75) is 5.54 Å². The van der Waals surface area contributed by atoms with Crippen molar-refractivity contribution >= 4 is 5.91 Å². The van der Waals surface area contributed by atoms with Crippen molar-refractivity contribution in [3.8, 4) is 0 Å². The summed E-state index contributed by atoms with van der Waals surface area (Å²) in [5, 5.41) is 28.7. The molecule has 6 N–H and O–H groups in total. The van der Waals surface area contributed by atoms with E-state index in [9.17, 15) is 4.79 Å². The molecule has 0 rings (SSSR count). The Morgan fingerprint density at radius 2 is 1.67 bits per heavy atom. The van der Waals surface area contributed by atoms with Gasteiger partial charge in [0.25, 0.3) is 0 Å². The lowest BCUT2D eigenvalue weighted by Crippen LogP contribution is -2.56. The fourth-order valence-electron chi connectivity index (χ4n) is 0.592. The normalized spacial score (nSPS) is 11.6. The highest BCUT2D eigenvalue weighted by Gasteiger charge is 2.27. The highest BCUT2D eigenvalue weighted by atomic mass is 16.3. The van der Waals surface area contributed by atoms with E-state index in [0.29, 0.717) is 0 Å². The van der Waals surface area contributed by atoms with Gasteiger partial charge in [-0.05, 0) is 0 Å². The summed E-state index contributed by atoms with van der Waals surface area (Å²) in [5.41, 5.74) is 3.59. The largest absolute Gasteiger partial charge is 0.394 e. The van der Waals surface area contributed by atoms with Gasteiger partial charge in [-0.3, -0.25) is 10.1 Å². The molecule has 0 heterocycles. The van der Waals surface area contributed by atoms with Crippen LogP contribution in [0.5, 0.6) is 0 Å². The Kier molecular flexibility index (Phi) is 4.75. The van der Waals surface area contributed by atoms with Gasteiger partial charge in [0.05, 0.1) is 31.9 Å². The van der Waals surface area contributed by atoms with E-state index in [1.807, 2.05) is 0 Å². The molecule has 6 nitrogen and oxygen atoms in total. The third kappa shape index (κ3) is 3.14. The van der Waals surface area contributed by atoms with Crippen LogP contribution in [0.25, 0.3) is 0 Å². The Morgan fingerprint density at radius 3 is 1.92 bits per heavy atom. The summed E-state index contributed by atoms with van der Waals surface area (Å²) in [6.07, 6.45) is 0. The average Bonchev–Trinajstić information content (AvgIpc) is 2.08. The van der Waals surface area contributed by atoms with Gasteiger partial charge in [0.15, 0.2) is 0 Å². The van der Waals surface area contributed by atoms with E-state index in [1.54, 1.807) is 0 Å². The van der Waals surface area contributed by atoms with Crippen LogP contribution >= 0.6 is 0 Å². The Hall–Kier alpha value is -0.690. The first kappa shape index (κ1) is 11.3. The minimum atomic E-state index is -1.23. The van der Waals surface area contributed by atoms with Crippen LogP contribution in [0.2, 0.25) is 0 Å². The van der Waals surface area contributed by atoms with Gasteiger partial charge in [-0.15, -0.1) is 0 Å². The molecule has 6 heteroatoms. The van der Waals surface area contributed by atoms with Gasteiger partial charge in [0.2, 0.25) is 5.91 Å². The maximum Gasteiger partial charge on any atom is 0.231 e. The second kappa shape index (κ2) is 5.04. The highest BCUT2D eigenvalue weighted by Crippen LogP contribution is 1.99. The molecule has 1 amide bonds. The molecule has 0 bridgehead atoms. The molecule has 0 atom stereocenters. The molecule has 0 saturated heterocycles. The lowest BCUT2D eigenvalue weighted by molar-refractivity contribution is -0.117. The number of carbonyl (C=O) groups is 1. The zero-order chi connectivity index (χ0) is 9.61. The second-order valence-corrected chi connectivity index (χ2v) is 2.57. The number of nitrogens with one attached hydrogen (secondary N) is 1. The van der Waals surface area contributed by atoms with Gasteiger partial charge in [0, 0.05) is 0 Å². The van der Waals surface area contributed by atoms with Crippen molar-refractivity contribution in [2.75, 3.05) is 26.4 Å². The van der Waals surface area contributed by atoms with E-state index < -0.39 is 31.3 Å². The molecule has 0 aliphatic carbocycles. The fourth-order valence-corrected chi connectivity index (χ4v) is 0.592. The molecule has 72 valence electrons. The Morgan fingerprint density at radius 1 is 1.25 bits per heavy atom. The number of carbonyl (C=O) groups excluding carboxylic acids is 1. The minimum Gasteiger partial charge on any atom is -0.394 e. The number of rotatable bonds is 6. The molecule has 0 radical (unpaired) electrons. The minimum absolute atomic E-state index is 0.193. The molecular formula is C6H14N2O4. The van der Waals surface area contributed by atoms with Crippen LogP contribution in [0.1, 0.15) is 0 Å². The molecule has 0 aromatic carbocycles. The van der Waals surface area contributed by atoms with Crippen LogP contribution in [0, 0.1) is 0 Å². The highest BCUT2D eigenvalue weighted by molar-refractivity contribution is 5.76. The monoisotopic (exact) mass is 178 g/mol. The van der Waals surface area contributed by atoms with Crippen molar-refractivity contribution in [3.63, 3.8) is 0 Å². The summed E-state index contributed by atoms with van der Waals surface area (Å²) < 4.78 is 0. The maximum absolute atomic E-state index is 10.3. The van der Waals surface area contributed by atoms with E-state index in [1.165, 1.54) is 0 Å². The van der Waals surface area contributed by atoms with E-state index >= 15 is 0 Å². The van der Waals surface area contributed by atoms with Crippen LogP contribution in [0.3, 0.4) is 0 Å². The Labute approximate surface area is 70.0 Å². The third-order valence-corrected chi connectivity index (χ3v) is 1.55. The van der Waals surface area contributed by atoms with Crippen LogP contribution in [0.15, 0.2) is 0 Å². The van der Waals surface area contributed by atoms with Gasteiger partial charge in [0.1, 0.15) is 0 Å². The van der Waals surface area contributed by atoms with Crippen molar-refractivity contribution in [1.29, 1.82) is 0 Å². The third-order valence-electron chi connectivity index (χ3n) is 1.55. The molecular weight excluding hydrogens is 164 g/mol. The number of amides is 1. The summed E-state index contributed by atoms with van der Waals surface area (Å²) in [6.45, 7) is -1.59. The van der Waals surface area contributed by atoms with Crippen molar-refractivity contribution < 1.29 is 20.1 Å². The Bertz CT molecular complexity index is 138. The maximum atomic E-state index is 10.3. The van der Waals surface area contributed by atoms with Crippen LogP contribution in [-0.4, -0.2) is 53.1 Å². The lowest BCUT2D eigenvalue weighted by atomic mass is 10.0. The molecule has 12 heavy (non-hydrogen) atoms. The topological polar surface area (TPSA) is 116 Å². The zero-order valence-electron chi connectivity index (χ0n) is 6.66. The summed E-state index contributed by atoms with van der Waals surface area (Å²) in [7, 11) is 0. The molecule has 0 aliphatic heterocycles. The van der Waals surface area contributed by atoms with Gasteiger partial charge < -0.3 is 21.1 Å². The fraction of sp³-hybridized carbons (Fsp3) is 0.833. The Balaban J connectivity index is 4.01. The molecule has 0 aromatic rings. The van der Waals surface area contributed by atoms with Crippen LogP contribution in [0.4, 0.5) is 0 Å². The van der Waals surface area contributed by atoms with E-state index in [0.717, 1.165) is 0 Å². The van der Waals surface area contributed by atoms with E-state index in [-0.39, 0.29) is 6.54 Å². The zero-order valence-corrected chi connectivity index (χ0v) is 6.66. The average molecular weight is 178 g/mol. The quantitative estimate of drug-likeness (QED) is 0.293. The van der Waals surface area contributed by atoms with Gasteiger partial charge in [-0.1, -0.05) is 0 Å². The van der Waals surface area contributed by atoms with Crippen molar-refractivity contribution in [3.05, 3.63) is 0 Å². The smallest absolute Gasteiger partial charge is 0.231 e. The molecule has 0 fully saturated rings. The number of aliphatic hydroxyl groups is 3. The standard InChI is InChI=1S/C6H14N2O4/c7-5(12)1-8-6(2-9,3-10)4-11/h8-11H,1-4H2,(H2,7,12). The van der Waals surface area contributed by atoms with Gasteiger partial charge in [-0.25, -0.2) is 0 Å². The van der Waals surface area contributed by atoms with Crippen molar-refractivity contribution in [1.82, 2.24) is 5.32 Å². The summed E-state index contributed by atoms with van der Waals surface area (Å²) in [5.74, 6) is -0.616. The lowest BCUT2D eigenvalue weighted by Gasteiger charge is -2.27. The van der Waals surface area contributed by atoms with Crippen LogP contribution in [-0.2, 0) is 4.79 Å². The number of hydrogen-bond donors (Lipinski definition) is 5. The van der Waals surface area contributed by atoms with E-state index in [4.69, 9.17) is 21.1 Å². The molecule has 0 spiro atoms. The number of aliphatic hydroxyl groups excluding tert-OH is 3. The first-order valence-electron chi connectivity index (χ1n) is 3.46. The predicted octanol–water partition coefficient (Wildman–Crippen LogP) is -3.22. The predicted molar refractivity (Wildman–Crippen MR) is 41.2 cm³/mol. The molecule has 0 aliphatic rings. The first-order valence-corrected chi connectivity index (χ1v) is 3.46. The number of nitrogens with two attached hydrogens (primary N) is 1. The van der Waals surface area contributed by atoms with Gasteiger partial charge >= 0.3 is 0 Å². The number of primary amides is 1. The summed E-state index contributed by atoms with van der Waals surface area (Å²) in [4.78, 5) is 10.3. The van der Waals surface area contributed by atoms with Gasteiger partial charge in [-0.2, -0.15) is 0 Å². The SMILES string of the molecule is NC(=O)CNC(CO)(CO)CO. The van der Waals surface area contributed by atoms with Crippen molar-refractivity contribution in [2.24, 2.45) is 5.73 Å². The summed E-state index contributed by atoms with van der Waals surface area (Å²) in [6, 6.07) is 0. The van der Waals surface area contributed by atoms with E-state index in [2.05, 4.69) is 5.32 Å². The molecule has 0 aromatic heterocycles. The van der Waals surface area contributed by atoms with Crippen LogP contribution < -0.4 is 11.1 Å². The first-order chi connectivity index (χ1) is 5.60. The molecule has 0 unspecified atom stereocenters. The number of hydrogen-bond acceptors (Lipinski definition) is 5.